The Balaban J connectivity index is 1.67. The number of carbonyl (C=O) groups excluding carboxylic acids is 3. The van der Waals surface area contributed by atoms with Crippen molar-refractivity contribution in [3.8, 4) is 6.07 Å². The highest BCUT2D eigenvalue weighted by molar-refractivity contribution is 6.09. The molecule has 1 atom stereocenters. The highest BCUT2D eigenvalue weighted by Gasteiger charge is 2.48. The summed E-state index contributed by atoms with van der Waals surface area (Å²) in [6, 6.07) is 18.5. The van der Waals surface area contributed by atoms with Crippen LogP contribution in [0.15, 0.2) is 72.9 Å². The van der Waals surface area contributed by atoms with Gasteiger partial charge in [-0.25, -0.2) is 9.59 Å². The minimum atomic E-state index is -5.36. The number of hydrogen-bond acceptors (Lipinski definition) is 8. The summed E-state index contributed by atoms with van der Waals surface area (Å²) in [5.74, 6) is -3.88. The number of unbranched alkanes of at least 4 members (excludes halogenated alkanes) is 2. The van der Waals surface area contributed by atoms with E-state index < -0.39 is 30.1 Å². The van der Waals surface area contributed by atoms with Gasteiger partial charge in [0.05, 0.1) is 30.0 Å². The van der Waals surface area contributed by atoms with E-state index in [4.69, 9.17) is 20.6 Å². The number of nitrogens with zero attached hydrogens (tertiary/aromatic N) is 4. The predicted molar refractivity (Wildman–Crippen MR) is 163 cm³/mol. The summed E-state index contributed by atoms with van der Waals surface area (Å²) in [6.07, 6.45) is -1.82. The standard InChI is InChI=1S/C33H30F3N5O5/c1-45-31(43)23-13-14-27-28(17-23)40(16-6-2-5-15-37)30(42)29(41(27)46-32(44)33(34,35)36)25-20-39(26-8-4-3-7-24(25)26)19-22-11-9-21(18-38)10-12-22/h3-4,7-14,17,20,29H,2,5-6,15-16,19,37H2,1H3. The van der Waals surface area contributed by atoms with Crippen molar-refractivity contribution in [3.63, 3.8) is 0 Å². The van der Waals surface area contributed by atoms with Gasteiger partial charge < -0.3 is 24.8 Å². The van der Waals surface area contributed by atoms with Gasteiger partial charge in [-0.3, -0.25) is 4.79 Å². The molecule has 1 unspecified atom stereocenters. The molecule has 238 valence electrons. The summed E-state index contributed by atoms with van der Waals surface area (Å²) in [4.78, 5) is 45.5. The molecule has 1 aliphatic heterocycles. The zero-order valence-electron chi connectivity index (χ0n) is 24.8. The zero-order chi connectivity index (χ0) is 33.0. The summed E-state index contributed by atoms with van der Waals surface area (Å²) >= 11 is 0. The van der Waals surface area contributed by atoms with Gasteiger partial charge in [-0.2, -0.15) is 23.5 Å². The third-order valence-electron chi connectivity index (χ3n) is 7.71. The molecule has 0 bridgehead atoms. The maximum atomic E-state index is 14.5. The largest absolute Gasteiger partial charge is 0.493 e. The number of aromatic nitrogens is 1. The van der Waals surface area contributed by atoms with Crippen LogP contribution in [-0.2, 0) is 25.7 Å². The first kappa shape index (κ1) is 32.1. The number of halogens is 3. The number of hydroxylamine groups is 1. The molecule has 13 heteroatoms. The van der Waals surface area contributed by atoms with Crippen molar-refractivity contribution in [2.75, 3.05) is 30.2 Å². The molecule has 0 spiro atoms. The smallest absolute Gasteiger partial charge is 0.465 e. The number of amides is 1. The molecule has 46 heavy (non-hydrogen) atoms. The van der Waals surface area contributed by atoms with Crippen LogP contribution in [0.25, 0.3) is 10.9 Å². The van der Waals surface area contributed by atoms with Crippen LogP contribution in [0.2, 0.25) is 0 Å². The number of nitrogens with two attached hydrogens (primary N) is 1. The van der Waals surface area contributed by atoms with E-state index in [2.05, 4.69) is 6.07 Å². The van der Waals surface area contributed by atoms with E-state index in [9.17, 15) is 27.6 Å². The minimum absolute atomic E-state index is 0.0161. The molecule has 1 amide bonds. The van der Waals surface area contributed by atoms with Crippen molar-refractivity contribution in [3.05, 3.63) is 95.2 Å². The topological polar surface area (TPSA) is 131 Å². The van der Waals surface area contributed by atoms with E-state index in [1.807, 2.05) is 10.6 Å². The number of fused-ring (bicyclic) bond motifs is 2. The fourth-order valence-corrected chi connectivity index (χ4v) is 5.51. The maximum absolute atomic E-state index is 14.5. The molecule has 2 heterocycles. The minimum Gasteiger partial charge on any atom is -0.465 e. The van der Waals surface area contributed by atoms with Crippen molar-refractivity contribution in [2.45, 2.75) is 38.0 Å². The van der Waals surface area contributed by atoms with Crippen molar-refractivity contribution < 1.29 is 37.1 Å². The van der Waals surface area contributed by atoms with Crippen molar-refractivity contribution >= 4 is 40.1 Å². The number of rotatable bonds is 10. The first-order valence-electron chi connectivity index (χ1n) is 14.5. The van der Waals surface area contributed by atoms with Crippen LogP contribution in [0.3, 0.4) is 0 Å². The third-order valence-corrected chi connectivity index (χ3v) is 7.71. The number of benzene rings is 3. The zero-order valence-corrected chi connectivity index (χ0v) is 24.8. The van der Waals surface area contributed by atoms with Crippen molar-refractivity contribution in [1.82, 2.24) is 4.57 Å². The molecule has 0 saturated carbocycles. The Kier molecular flexibility index (Phi) is 9.29. The molecule has 0 fully saturated rings. The van der Waals surface area contributed by atoms with Gasteiger partial charge in [-0.05, 0) is 61.3 Å². The maximum Gasteiger partial charge on any atom is 0.493 e. The SMILES string of the molecule is COC(=O)c1ccc2c(c1)N(CCCCCN)C(=O)C(c1cn(Cc3ccc(C#N)cc3)c3ccccc13)N2OC(=O)C(F)(F)F. The van der Waals surface area contributed by atoms with E-state index in [0.717, 1.165) is 5.56 Å². The average molecular weight is 634 g/mol. The van der Waals surface area contributed by atoms with Gasteiger partial charge >= 0.3 is 18.1 Å². The number of nitriles is 1. The fraction of sp³-hybridized carbons (Fsp3) is 0.273. The number of para-hydroxylation sites is 1. The molecular formula is C33H30F3N5O5. The number of hydrogen-bond donors (Lipinski definition) is 1. The van der Waals surface area contributed by atoms with Crippen molar-refractivity contribution in [2.24, 2.45) is 5.73 Å². The van der Waals surface area contributed by atoms with Crippen LogP contribution in [0.1, 0.15) is 52.4 Å². The van der Waals surface area contributed by atoms with Crippen LogP contribution in [0.5, 0.6) is 0 Å². The number of alkyl halides is 3. The second-order valence-electron chi connectivity index (χ2n) is 10.7. The van der Waals surface area contributed by atoms with Crippen LogP contribution in [-0.4, -0.2) is 48.8 Å². The van der Waals surface area contributed by atoms with Gasteiger partial charge in [-0.15, -0.1) is 0 Å². The molecule has 1 aliphatic rings. The van der Waals surface area contributed by atoms with Crippen LogP contribution >= 0.6 is 0 Å². The molecule has 3 aromatic carbocycles. The highest BCUT2D eigenvalue weighted by Crippen LogP contribution is 2.45. The summed E-state index contributed by atoms with van der Waals surface area (Å²) < 4.78 is 47.5. The van der Waals surface area contributed by atoms with Crippen LogP contribution in [0.4, 0.5) is 24.5 Å². The molecule has 4 aromatic rings. The van der Waals surface area contributed by atoms with E-state index in [1.54, 1.807) is 48.7 Å². The van der Waals surface area contributed by atoms with E-state index in [-0.39, 0.29) is 23.5 Å². The number of ether oxygens (including phenoxy) is 1. The molecule has 1 aromatic heterocycles. The number of methoxy groups -OCH3 is 1. The Morgan fingerprint density at radius 2 is 1.74 bits per heavy atom. The third kappa shape index (κ3) is 6.38. The Hall–Kier alpha value is -5.35. The first-order chi connectivity index (χ1) is 22.1. The Labute approximate surface area is 262 Å². The second-order valence-corrected chi connectivity index (χ2v) is 10.7. The van der Waals surface area contributed by atoms with E-state index >= 15 is 0 Å². The summed E-state index contributed by atoms with van der Waals surface area (Å²) in [5.41, 5.74) is 8.08. The molecule has 0 aliphatic carbocycles. The second kappa shape index (κ2) is 13.3. The fourth-order valence-electron chi connectivity index (χ4n) is 5.51. The summed E-state index contributed by atoms with van der Waals surface area (Å²) in [6.45, 7) is 0.925. The summed E-state index contributed by atoms with van der Waals surface area (Å²) in [7, 11) is 1.18. The lowest BCUT2D eigenvalue weighted by atomic mass is 9.98. The molecule has 2 N–H and O–H groups in total. The van der Waals surface area contributed by atoms with Crippen LogP contribution < -0.4 is 15.7 Å². The summed E-state index contributed by atoms with van der Waals surface area (Å²) in [5, 5.41) is 10.4. The molecule has 5 rings (SSSR count). The quantitative estimate of drug-likeness (QED) is 0.182. The average Bonchev–Trinajstić information content (AvgIpc) is 3.41. The first-order valence-corrected chi connectivity index (χ1v) is 14.5. The Morgan fingerprint density at radius 1 is 1.00 bits per heavy atom. The number of carbonyl (C=O) groups is 3. The number of esters is 1. The van der Waals surface area contributed by atoms with Gasteiger partial charge in [0.1, 0.15) is 5.69 Å². The Morgan fingerprint density at radius 3 is 2.41 bits per heavy atom. The van der Waals surface area contributed by atoms with Gasteiger partial charge in [-0.1, -0.05) is 36.8 Å². The normalized spacial score (nSPS) is 14.6. The monoisotopic (exact) mass is 633 g/mol. The molecule has 10 nitrogen and oxygen atoms in total. The lowest BCUT2D eigenvalue weighted by molar-refractivity contribution is -0.202. The predicted octanol–water partition coefficient (Wildman–Crippen LogP) is 5.39. The van der Waals surface area contributed by atoms with Gasteiger partial charge in [0.25, 0.3) is 5.91 Å². The van der Waals surface area contributed by atoms with Gasteiger partial charge in [0.15, 0.2) is 6.04 Å². The molecular weight excluding hydrogens is 603 g/mol. The number of anilines is 2. The van der Waals surface area contributed by atoms with Gasteiger partial charge in [0, 0.05) is 35.8 Å². The van der Waals surface area contributed by atoms with E-state index in [0.29, 0.717) is 59.4 Å². The lowest BCUT2D eigenvalue weighted by Crippen LogP contribution is -2.50. The lowest BCUT2D eigenvalue weighted by Gasteiger charge is -2.41. The van der Waals surface area contributed by atoms with Crippen LogP contribution in [0, 0.1) is 11.3 Å². The molecule has 0 radical (unpaired) electrons. The Bertz CT molecular complexity index is 1810. The van der Waals surface area contributed by atoms with Crippen molar-refractivity contribution in [1.29, 1.82) is 5.26 Å². The van der Waals surface area contributed by atoms with E-state index in [1.165, 1.54) is 30.2 Å². The highest BCUT2D eigenvalue weighted by atomic mass is 19.4. The molecule has 0 saturated heterocycles. The van der Waals surface area contributed by atoms with Gasteiger partial charge in [0.2, 0.25) is 0 Å².